The Bertz CT molecular complexity index is 223. The van der Waals surface area contributed by atoms with Gasteiger partial charge in [-0.1, -0.05) is 12.8 Å². The van der Waals surface area contributed by atoms with Gasteiger partial charge in [0.15, 0.2) is 0 Å². The molecule has 2 fully saturated rings. The Hall–Kier alpha value is -0.280. The third-order valence-corrected chi connectivity index (χ3v) is 3.80. The highest BCUT2D eigenvalue weighted by Gasteiger charge is 2.31. The van der Waals surface area contributed by atoms with E-state index in [2.05, 4.69) is 17.1 Å². The van der Waals surface area contributed by atoms with Crippen LogP contribution >= 0.6 is 12.4 Å². The summed E-state index contributed by atoms with van der Waals surface area (Å²) in [5.74, 6) is 0.653. The highest BCUT2D eigenvalue weighted by atomic mass is 35.5. The van der Waals surface area contributed by atoms with Crippen molar-refractivity contribution >= 4 is 18.3 Å². The molecule has 0 spiro atoms. The Balaban J connectivity index is 0.00000128. The molecule has 2 rings (SSSR count). The van der Waals surface area contributed by atoms with Gasteiger partial charge in [0.25, 0.3) is 0 Å². The van der Waals surface area contributed by atoms with E-state index >= 15 is 0 Å². The Morgan fingerprint density at radius 3 is 2.50 bits per heavy atom. The minimum atomic E-state index is 0. The SMILES string of the molecule is CCN(C(=O)[C@@H]1CCNC1)C1CCCC1.Cl. The minimum absolute atomic E-state index is 0. The molecular weight excluding hydrogens is 224 g/mol. The average molecular weight is 247 g/mol. The first-order valence-electron chi connectivity index (χ1n) is 6.34. The lowest BCUT2D eigenvalue weighted by Crippen LogP contribution is -2.42. The van der Waals surface area contributed by atoms with Crippen molar-refractivity contribution in [3.8, 4) is 0 Å². The maximum atomic E-state index is 12.2. The van der Waals surface area contributed by atoms with Gasteiger partial charge in [-0.3, -0.25) is 4.79 Å². The summed E-state index contributed by atoms with van der Waals surface area (Å²) in [5, 5.41) is 3.28. The summed E-state index contributed by atoms with van der Waals surface area (Å²) in [6.07, 6.45) is 6.08. The summed E-state index contributed by atoms with van der Waals surface area (Å²) in [4.78, 5) is 14.4. The lowest BCUT2D eigenvalue weighted by Gasteiger charge is -2.30. The number of hydrogen-bond donors (Lipinski definition) is 1. The third-order valence-electron chi connectivity index (χ3n) is 3.80. The molecular formula is C12H23ClN2O. The van der Waals surface area contributed by atoms with Crippen LogP contribution < -0.4 is 5.32 Å². The first-order valence-corrected chi connectivity index (χ1v) is 6.34. The van der Waals surface area contributed by atoms with Gasteiger partial charge in [-0.05, 0) is 32.7 Å². The maximum absolute atomic E-state index is 12.2. The van der Waals surface area contributed by atoms with Gasteiger partial charge in [0.1, 0.15) is 0 Å². The van der Waals surface area contributed by atoms with Crippen LogP contribution in [0.2, 0.25) is 0 Å². The minimum Gasteiger partial charge on any atom is -0.340 e. The standard InChI is InChI=1S/C12H22N2O.ClH/c1-2-14(11-5-3-4-6-11)12(15)10-7-8-13-9-10;/h10-11,13H,2-9H2,1H3;1H/t10-;/m1./s1. The summed E-state index contributed by atoms with van der Waals surface area (Å²) in [6.45, 7) is 4.90. The van der Waals surface area contributed by atoms with Crippen molar-refractivity contribution in [2.24, 2.45) is 5.92 Å². The molecule has 0 unspecified atom stereocenters. The van der Waals surface area contributed by atoms with Gasteiger partial charge in [0.05, 0.1) is 5.92 Å². The fourth-order valence-electron chi connectivity index (χ4n) is 2.91. The predicted molar refractivity (Wildman–Crippen MR) is 67.9 cm³/mol. The van der Waals surface area contributed by atoms with Crippen molar-refractivity contribution in [2.45, 2.75) is 45.1 Å². The molecule has 0 radical (unpaired) electrons. The van der Waals surface area contributed by atoms with Gasteiger partial charge in [-0.15, -0.1) is 12.4 Å². The molecule has 2 aliphatic rings. The number of rotatable bonds is 3. The fourth-order valence-corrected chi connectivity index (χ4v) is 2.91. The van der Waals surface area contributed by atoms with Crippen molar-refractivity contribution in [3.63, 3.8) is 0 Å². The van der Waals surface area contributed by atoms with Gasteiger partial charge in [0.2, 0.25) is 5.91 Å². The van der Waals surface area contributed by atoms with Crippen LogP contribution in [-0.2, 0) is 4.79 Å². The summed E-state index contributed by atoms with van der Waals surface area (Å²) in [7, 11) is 0. The Morgan fingerprint density at radius 2 is 2.00 bits per heavy atom. The third kappa shape index (κ3) is 2.89. The van der Waals surface area contributed by atoms with E-state index in [-0.39, 0.29) is 18.3 Å². The first-order chi connectivity index (χ1) is 7.33. The van der Waals surface area contributed by atoms with Crippen molar-refractivity contribution in [2.75, 3.05) is 19.6 Å². The topological polar surface area (TPSA) is 32.3 Å². The highest BCUT2D eigenvalue weighted by molar-refractivity contribution is 5.85. The van der Waals surface area contributed by atoms with E-state index in [1.54, 1.807) is 0 Å². The van der Waals surface area contributed by atoms with E-state index in [9.17, 15) is 4.79 Å². The van der Waals surface area contributed by atoms with Gasteiger partial charge in [0, 0.05) is 19.1 Å². The molecule has 1 amide bonds. The zero-order valence-corrected chi connectivity index (χ0v) is 10.9. The number of hydrogen-bond acceptors (Lipinski definition) is 2. The number of carbonyl (C=O) groups is 1. The molecule has 1 aliphatic heterocycles. The van der Waals surface area contributed by atoms with E-state index in [0.29, 0.717) is 11.9 Å². The Morgan fingerprint density at radius 1 is 1.31 bits per heavy atom. The molecule has 16 heavy (non-hydrogen) atoms. The zero-order valence-electron chi connectivity index (χ0n) is 10.1. The molecule has 1 saturated heterocycles. The Labute approximate surface area is 104 Å². The molecule has 3 nitrogen and oxygen atoms in total. The lowest BCUT2D eigenvalue weighted by molar-refractivity contribution is -0.136. The fraction of sp³-hybridized carbons (Fsp3) is 0.917. The van der Waals surface area contributed by atoms with Gasteiger partial charge < -0.3 is 10.2 Å². The molecule has 0 bridgehead atoms. The predicted octanol–water partition coefficient (Wildman–Crippen LogP) is 1.81. The van der Waals surface area contributed by atoms with E-state index in [1.807, 2.05) is 0 Å². The molecule has 94 valence electrons. The quantitative estimate of drug-likeness (QED) is 0.824. The second-order valence-corrected chi connectivity index (χ2v) is 4.75. The van der Waals surface area contributed by atoms with Crippen LogP contribution in [0.1, 0.15) is 39.0 Å². The number of amides is 1. The second-order valence-electron chi connectivity index (χ2n) is 4.75. The molecule has 0 aromatic carbocycles. The molecule has 1 atom stereocenters. The van der Waals surface area contributed by atoms with Crippen LogP contribution in [0.5, 0.6) is 0 Å². The van der Waals surface area contributed by atoms with Gasteiger partial charge in [-0.2, -0.15) is 0 Å². The van der Waals surface area contributed by atoms with Crippen molar-refractivity contribution in [3.05, 3.63) is 0 Å². The van der Waals surface area contributed by atoms with E-state index in [4.69, 9.17) is 0 Å². The molecule has 4 heteroatoms. The van der Waals surface area contributed by atoms with Gasteiger partial charge in [-0.25, -0.2) is 0 Å². The van der Waals surface area contributed by atoms with Gasteiger partial charge >= 0.3 is 0 Å². The average Bonchev–Trinajstić information content (AvgIpc) is 2.91. The van der Waals surface area contributed by atoms with E-state index in [1.165, 1.54) is 25.7 Å². The van der Waals surface area contributed by atoms with E-state index in [0.717, 1.165) is 26.1 Å². The lowest BCUT2D eigenvalue weighted by atomic mass is 10.1. The Kier molecular flexibility index (Phi) is 5.56. The van der Waals surface area contributed by atoms with Crippen LogP contribution in [-0.4, -0.2) is 36.5 Å². The summed E-state index contributed by atoms with van der Waals surface area (Å²) < 4.78 is 0. The van der Waals surface area contributed by atoms with Crippen molar-refractivity contribution < 1.29 is 4.79 Å². The van der Waals surface area contributed by atoms with E-state index < -0.39 is 0 Å². The number of nitrogens with one attached hydrogen (secondary N) is 1. The zero-order chi connectivity index (χ0) is 10.7. The van der Waals surface area contributed by atoms with Crippen LogP contribution in [0, 0.1) is 5.92 Å². The molecule has 1 saturated carbocycles. The summed E-state index contributed by atoms with van der Waals surface area (Å²) >= 11 is 0. The second kappa shape index (κ2) is 6.45. The van der Waals surface area contributed by atoms with Crippen LogP contribution in [0.15, 0.2) is 0 Å². The number of carbonyl (C=O) groups excluding carboxylic acids is 1. The largest absolute Gasteiger partial charge is 0.340 e. The maximum Gasteiger partial charge on any atom is 0.227 e. The molecule has 1 heterocycles. The summed E-state index contributed by atoms with van der Waals surface area (Å²) in [5.41, 5.74) is 0. The summed E-state index contributed by atoms with van der Waals surface area (Å²) in [6, 6.07) is 0.545. The normalized spacial score (nSPS) is 25.4. The highest BCUT2D eigenvalue weighted by Crippen LogP contribution is 2.25. The van der Waals surface area contributed by atoms with Crippen molar-refractivity contribution in [1.29, 1.82) is 0 Å². The number of nitrogens with zero attached hydrogens (tertiary/aromatic N) is 1. The van der Waals surface area contributed by atoms with Crippen LogP contribution in [0.25, 0.3) is 0 Å². The van der Waals surface area contributed by atoms with Crippen LogP contribution in [0.3, 0.4) is 0 Å². The van der Waals surface area contributed by atoms with Crippen LogP contribution in [0.4, 0.5) is 0 Å². The molecule has 1 N–H and O–H groups in total. The smallest absolute Gasteiger partial charge is 0.227 e. The molecule has 1 aliphatic carbocycles. The monoisotopic (exact) mass is 246 g/mol. The molecule has 0 aromatic rings. The number of halogens is 1. The first kappa shape index (κ1) is 13.8. The van der Waals surface area contributed by atoms with Crippen molar-refractivity contribution in [1.82, 2.24) is 10.2 Å². The molecule has 0 aromatic heterocycles.